The normalized spacial score (nSPS) is 28.6. The third-order valence-electron chi connectivity index (χ3n) is 2.79. The second-order valence-electron chi connectivity index (χ2n) is 3.92. The molecule has 0 bridgehead atoms. The molecule has 0 radical (unpaired) electrons. The lowest BCUT2D eigenvalue weighted by Gasteiger charge is -2.25. The molecule has 3 heteroatoms. The molecule has 13 heavy (non-hydrogen) atoms. The third-order valence-corrected chi connectivity index (χ3v) is 4.02. The SMILES string of the molecule is CCC(CC)NCC1(O)CCSC1. The van der Waals surface area contributed by atoms with E-state index in [0.717, 1.165) is 37.3 Å². The highest BCUT2D eigenvalue weighted by Gasteiger charge is 2.31. The van der Waals surface area contributed by atoms with Crippen LogP contribution in [-0.4, -0.2) is 34.8 Å². The Morgan fingerprint density at radius 2 is 2.15 bits per heavy atom. The maximum Gasteiger partial charge on any atom is 0.0869 e. The molecule has 1 atom stereocenters. The molecular formula is C10H21NOS. The lowest BCUT2D eigenvalue weighted by molar-refractivity contribution is 0.0642. The highest BCUT2D eigenvalue weighted by molar-refractivity contribution is 7.99. The molecular weight excluding hydrogens is 182 g/mol. The van der Waals surface area contributed by atoms with Crippen molar-refractivity contribution in [3.63, 3.8) is 0 Å². The van der Waals surface area contributed by atoms with Gasteiger partial charge in [0.15, 0.2) is 0 Å². The number of nitrogens with one attached hydrogen (secondary N) is 1. The molecule has 0 aromatic carbocycles. The van der Waals surface area contributed by atoms with Crippen molar-refractivity contribution in [2.45, 2.75) is 44.8 Å². The molecule has 0 aliphatic carbocycles. The van der Waals surface area contributed by atoms with E-state index in [4.69, 9.17) is 0 Å². The molecule has 1 fully saturated rings. The molecule has 78 valence electrons. The second kappa shape index (κ2) is 5.23. The van der Waals surface area contributed by atoms with Crippen molar-refractivity contribution in [2.75, 3.05) is 18.1 Å². The first-order valence-electron chi connectivity index (χ1n) is 5.23. The summed E-state index contributed by atoms with van der Waals surface area (Å²) in [4.78, 5) is 0. The van der Waals surface area contributed by atoms with Crippen LogP contribution < -0.4 is 5.32 Å². The molecule has 1 aliphatic heterocycles. The molecule has 0 aromatic rings. The van der Waals surface area contributed by atoms with Crippen molar-refractivity contribution in [2.24, 2.45) is 0 Å². The maximum atomic E-state index is 10.0. The van der Waals surface area contributed by atoms with Crippen LogP contribution in [0.3, 0.4) is 0 Å². The van der Waals surface area contributed by atoms with E-state index in [0.29, 0.717) is 6.04 Å². The van der Waals surface area contributed by atoms with Crippen LogP contribution in [0.25, 0.3) is 0 Å². The van der Waals surface area contributed by atoms with Gasteiger partial charge in [0.1, 0.15) is 0 Å². The lowest BCUT2D eigenvalue weighted by Crippen LogP contribution is -2.44. The summed E-state index contributed by atoms with van der Waals surface area (Å²) in [7, 11) is 0. The van der Waals surface area contributed by atoms with E-state index >= 15 is 0 Å². The Morgan fingerprint density at radius 3 is 2.62 bits per heavy atom. The Kier molecular flexibility index (Phi) is 4.56. The zero-order chi connectivity index (χ0) is 9.73. The number of aliphatic hydroxyl groups is 1. The van der Waals surface area contributed by atoms with E-state index in [1.165, 1.54) is 0 Å². The van der Waals surface area contributed by atoms with Crippen LogP contribution in [0.5, 0.6) is 0 Å². The van der Waals surface area contributed by atoms with Crippen LogP contribution in [0.1, 0.15) is 33.1 Å². The van der Waals surface area contributed by atoms with Gasteiger partial charge >= 0.3 is 0 Å². The van der Waals surface area contributed by atoms with Crippen molar-refractivity contribution >= 4 is 11.8 Å². The number of hydrogen-bond donors (Lipinski definition) is 2. The molecule has 1 rings (SSSR count). The molecule has 1 heterocycles. The summed E-state index contributed by atoms with van der Waals surface area (Å²) >= 11 is 1.86. The van der Waals surface area contributed by atoms with E-state index in [1.807, 2.05) is 11.8 Å². The Labute approximate surface area is 85.5 Å². The van der Waals surface area contributed by atoms with Crippen LogP contribution in [0.4, 0.5) is 0 Å². The summed E-state index contributed by atoms with van der Waals surface area (Å²) in [6.07, 6.45) is 3.25. The van der Waals surface area contributed by atoms with E-state index in [2.05, 4.69) is 19.2 Å². The zero-order valence-corrected chi connectivity index (χ0v) is 9.49. The Balaban J connectivity index is 2.23. The monoisotopic (exact) mass is 203 g/mol. The average Bonchev–Trinajstić information content (AvgIpc) is 2.55. The quantitative estimate of drug-likeness (QED) is 0.712. The molecule has 0 aromatic heterocycles. The molecule has 0 saturated carbocycles. The summed E-state index contributed by atoms with van der Waals surface area (Å²) < 4.78 is 0. The first-order chi connectivity index (χ1) is 6.20. The van der Waals surface area contributed by atoms with Crippen molar-refractivity contribution in [1.29, 1.82) is 0 Å². The van der Waals surface area contributed by atoms with Gasteiger partial charge in [-0.1, -0.05) is 13.8 Å². The number of hydrogen-bond acceptors (Lipinski definition) is 3. The zero-order valence-electron chi connectivity index (χ0n) is 8.68. The largest absolute Gasteiger partial charge is 0.388 e. The lowest BCUT2D eigenvalue weighted by atomic mass is 10.0. The van der Waals surface area contributed by atoms with Crippen LogP contribution in [-0.2, 0) is 0 Å². The van der Waals surface area contributed by atoms with Gasteiger partial charge in [-0.05, 0) is 25.0 Å². The fourth-order valence-corrected chi connectivity index (χ4v) is 2.94. The topological polar surface area (TPSA) is 32.3 Å². The summed E-state index contributed by atoms with van der Waals surface area (Å²) in [5.41, 5.74) is -0.423. The van der Waals surface area contributed by atoms with Crippen molar-refractivity contribution < 1.29 is 5.11 Å². The van der Waals surface area contributed by atoms with Crippen LogP contribution in [0, 0.1) is 0 Å². The Hall–Kier alpha value is 0.270. The van der Waals surface area contributed by atoms with Gasteiger partial charge in [0, 0.05) is 18.3 Å². The fourth-order valence-electron chi connectivity index (χ4n) is 1.65. The minimum Gasteiger partial charge on any atom is -0.388 e. The molecule has 0 amide bonds. The van der Waals surface area contributed by atoms with E-state index < -0.39 is 5.60 Å². The predicted octanol–water partition coefficient (Wildman–Crippen LogP) is 1.63. The summed E-state index contributed by atoms with van der Waals surface area (Å²) in [5.74, 6) is 2.02. The summed E-state index contributed by atoms with van der Waals surface area (Å²) in [5, 5.41) is 13.5. The van der Waals surface area contributed by atoms with Gasteiger partial charge in [-0.3, -0.25) is 0 Å². The van der Waals surface area contributed by atoms with Crippen LogP contribution in [0.15, 0.2) is 0 Å². The average molecular weight is 203 g/mol. The highest BCUT2D eigenvalue weighted by atomic mass is 32.2. The smallest absolute Gasteiger partial charge is 0.0869 e. The summed E-state index contributed by atoms with van der Waals surface area (Å²) in [6, 6.07) is 0.578. The summed E-state index contributed by atoms with van der Waals surface area (Å²) in [6.45, 7) is 5.15. The Morgan fingerprint density at radius 1 is 1.46 bits per heavy atom. The highest BCUT2D eigenvalue weighted by Crippen LogP contribution is 2.27. The van der Waals surface area contributed by atoms with Crippen LogP contribution >= 0.6 is 11.8 Å². The van der Waals surface area contributed by atoms with Gasteiger partial charge in [0.2, 0.25) is 0 Å². The number of thioether (sulfide) groups is 1. The molecule has 2 nitrogen and oxygen atoms in total. The van der Waals surface area contributed by atoms with E-state index in [1.54, 1.807) is 0 Å². The third kappa shape index (κ3) is 3.49. The minimum absolute atomic E-state index is 0.423. The maximum absolute atomic E-state index is 10.0. The molecule has 2 N–H and O–H groups in total. The van der Waals surface area contributed by atoms with Gasteiger partial charge in [-0.25, -0.2) is 0 Å². The molecule has 1 aliphatic rings. The predicted molar refractivity (Wildman–Crippen MR) is 59.3 cm³/mol. The minimum atomic E-state index is -0.423. The molecule has 0 spiro atoms. The number of rotatable bonds is 5. The first-order valence-corrected chi connectivity index (χ1v) is 6.39. The van der Waals surface area contributed by atoms with E-state index in [9.17, 15) is 5.11 Å². The van der Waals surface area contributed by atoms with Crippen molar-refractivity contribution in [3.05, 3.63) is 0 Å². The first kappa shape index (κ1) is 11.3. The van der Waals surface area contributed by atoms with Crippen molar-refractivity contribution in [1.82, 2.24) is 5.32 Å². The van der Waals surface area contributed by atoms with Gasteiger partial charge in [0.25, 0.3) is 0 Å². The fraction of sp³-hybridized carbons (Fsp3) is 1.00. The molecule has 1 unspecified atom stereocenters. The Bertz CT molecular complexity index is 142. The molecule has 1 saturated heterocycles. The van der Waals surface area contributed by atoms with E-state index in [-0.39, 0.29) is 0 Å². The standard InChI is InChI=1S/C10H21NOS/c1-3-9(4-2)11-7-10(12)5-6-13-8-10/h9,11-12H,3-8H2,1-2H3. The van der Waals surface area contributed by atoms with Crippen LogP contribution in [0.2, 0.25) is 0 Å². The van der Waals surface area contributed by atoms with Gasteiger partial charge in [-0.15, -0.1) is 0 Å². The van der Waals surface area contributed by atoms with Crippen molar-refractivity contribution in [3.8, 4) is 0 Å². The van der Waals surface area contributed by atoms with Gasteiger partial charge < -0.3 is 10.4 Å². The van der Waals surface area contributed by atoms with Gasteiger partial charge in [-0.2, -0.15) is 11.8 Å². The second-order valence-corrected chi connectivity index (χ2v) is 5.03. The van der Waals surface area contributed by atoms with Gasteiger partial charge in [0.05, 0.1) is 5.60 Å².